The van der Waals surface area contributed by atoms with Crippen molar-refractivity contribution in [2.75, 3.05) is 24.1 Å². The van der Waals surface area contributed by atoms with Crippen LogP contribution < -0.4 is 24.2 Å². The number of benzene rings is 2. The Hall–Kier alpha value is -2.94. The van der Waals surface area contributed by atoms with Crippen molar-refractivity contribution in [1.29, 1.82) is 0 Å². The second-order valence-electron chi connectivity index (χ2n) is 6.17. The summed E-state index contributed by atoms with van der Waals surface area (Å²) >= 11 is 0. The molecule has 0 unspecified atom stereocenters. The van der Waals surface area contributed by atoms with Crippen molar-refractivity contribution in [3.8, 4) is 17.2 Å². The summed E-state index contributed by atoms with van der Waals surface area (Å²) in [6, 6.07) is 11.1. The third-order valence-electron chi connectivity index (χ3n) is 4.36. The maximum atomic E-state index is 13.3. The number of amides is 1. The number of hydrogen-bond donors (Lipinski definition) is 1. The van der Waals surface area contributed by atoms with Crippen LogP contribution in [0.2, 0.25) is 0 Å². The maximum Gasteiger partial charge on any atom is 0.264 e. The molecule has 0 fully saturated rings. The number of nitrogens with zero attached hydrogens (tertiary/aromatic N) is 1. The van der Waals surface area contributed by atoms with Crippen molar-refractivity contribution in [2.45, 2.75) is 17.4 Å². The van der Waals surface area contributed by atoms with Gasteiger partial charge in [0.15, 0.2) is 17.6 Å². The van der Waals surface area contributed by atoms with Gasteiger partial charge < -0.3 is 19.9 Å². The third kappa shape index (κ3) is 3.14. The highest BCUT2D eigenvalue weighted by Crippen LogP contribution is 2.38. The van der Waals surface area contributed by atoms with Crippen LogP contribution in [0.5, 0.6) is 17.2 Å². The summed E-state index contributed by atoms with van der Waals surface area (Å²) in [5, 5.41) is 0. The Morgan fingerprint density at radius 1 is 1.04 bits per heavy atom. The van der Waals surface area contributed by atoms with E-state index in [1.807, 2.05) is 0 Å². The molecule has 0 saturated heterocycles. The Bertz CT molecular complexity index is 991. The van der Waals surface area contributed by atoms with E-state index < -0.39 is 22.0 Å². The Morgan fingerprint density at radius 3 is 2.56 bits per heavy atom. The number of sulfonamides is 1. The first-order chi connectivity index (χ1) is 13.0. The van der Waals surface area contributed by atoms with Crippen molar-refractivity contribution >= 4 is 21.6 Å². The molecule has 0 radical (unpaired) electrons. The number of carbonyl (C=O) groups is 1. The number of rotatable bonds is 3. The number of hydrogen-bond acceptors (Lipinski definition) is 6. The van der Waals surface area contributed by atoms with Crippen LogP contribution in [0.25, 0.3) is 0 Å². The van der Waals surface area contributed by atoms with Gasteiger partial charge in [0.1, 0.15) is 5.75 Å². The van der Waals surface area contributed by atoms with Gasteiger partial charge in [0.05, 0.1) is 30.3 Å². The van der Waals surface area contributed by atoms with E-state index in [1.54, 1.807) is 30.3 Å². The highest BCUT2D eigenvalue weighted by Gasteiger charge is 2.37. The topological polar surface area (TPSA) is 108 Å². The summed E-state index contributed by atoms with van der Waals surface area (Å²) in [5.74, 6) is 0.430. The van der Waals surface area contributed by atoms with Gasteiger partial charge in [-0.3, -0.25) is 9.10 Å². The molecule has 2 aliphatic rings. The zero-order valence-electron chi connectivity index (χ0n) is 14.3. The highest BCUT2D eigenvalue weighted by atomic mass is 32.2. The molecule has 0 spiro atoms. The highest BCUT2D eigenvalue weighted by molar-refractivity contribution is 7.92. The fourth-order valence-electron chi connectivity index (χ4n) is 3.01. The second-order valence-corrected chi connectivity index (χ2v) is 8.03. The molecule has 4 rings (SSSR count). The van der Waals surface area contributed by atoms with E-state index in [2.05, 4.69) is 0 Å². The smallest absolute Gasteiger partial charge is 0.264 e. The Kier molecular flexibility index (Phi) is 4.31. The minimum absolute atomic E-state index is 0.0340. The molecule has 1 amide bonds. The standard InChI is InChI=1S/C18H18N2O6S/c19-18(21)17-11-20(13-4-1-2-5-14(13)26-17)27(22,23)12-6-7-15-16(10-12)25-9-3-8-24-15/h1-2,4-7,10,17H,3,8-9,11H2,(H2,19,21)/t17-/m0/s1. The van der Waals surface area contributed by atoms with E-state index in [9.17, 15) is 13.2 Å². The Labute approximate surface area is 156 Å². The van der Waals surface area contributed by atoms with Gasteiger partial charge >= 0.3 is 0 Å². The fourth-order valence-corrected chi connectivity index (χ4v) is 4.50. The van der Waals surface area contributed by atoms with E-state index in [4.69, 9.17) is 19.9 Å². The van der Waals surface area contributed by atoms with Crippen LogP contribution in [0.4, 0.5) is 5.69 Å². The van der Waals surface area contributed by atoms with E-state index in [0.29, 0.717) is 36.8 Å². The molecule has 27 heavy (non-hydrogen) atoms. The number of fused-ring (bicyclic) bond motifs is 2. The molecule has 0 bridgehead atoms. The quantitative estimate of drug-likeness (QED) is 0.846. The van der Waals surface area contributed by atoms with Crippen LogP contribution in [-0.2, 0) is 14.8 Å². The van der Waals surface area contributed by atoms with Crippen molar-refractivity contribution in [1.82, 2.24) is 0 Å². The Balaban J connectivity index is 1.77. The second kappa shape index (κ2) is 6.66. The molecule has 2 aromatic carbocycles. The average Bonchev–Trinajstić information content (AvgIpc) is 2.91. The van der Waals surface area contributed by atoms with E-state index in [0.717, 1.165) is 4.31 Å². The maximum absolute atomic E-state index is 13.3. The minimum Gasteiger partial charge on any atom is -0.490 e. The molecular weight excluding hydrogens is 372 g/mol. The molecule has 142 valence electrons. The molecule has 0 saturated carbocycles. The summed E-state index contributed by atoms with van der Waals surface area (Å²) < 4.78 is 44.4. The van der Waals surface area contributed by atoms with Crippen LogP contribution in [0.15, 0.2) is 47.4 Å². The summed E-state index contributed by atoms with van der Waals surface area (Å²) in [5.41, 5.74) is 5.70. The van der Waals surface area contributed by atoms with Crippen LogP contribution in [0.1, 0.15) is 6.42 Å². The van der Waals surface area contributed by atoms with Crippen molar-refractivity contribution < 1.29 is 27.4 Å². The predicted octanol–water partition coefficient (Wildman–Crippen LogP) is 1.29. The van der Waals surface area contributed by atoms with Gasteiger partial charge in [-0.2, -0.15) is 0 Å². The lowest BCUT2D eigenvalue weighted by Gasteiger charge is -2.34. The zero-order valence-corrected chi connectivity index (χ0v) is 15.1. The summed E-state index contributed by atoms with van der Waals surface area (Å²) in [6.45, 7) is 0.750. The molecule has 2 aromatic rings. The number of anilines is 1. The SMILES string of the molecule is NC(=O)[C@@H]1CN(S(=O)(=O)c2ccc3c(c2)OCCCO3)c2ccccc2O1. The van der Waals surface area contributed by atoms with E-state index >= 15 is 0 Å². The van der Waals surface area contributed by atoms with Crippen molar-refractivity contribution in [3.63, 3.8) is 0 Å². The molecule has 9 heteroatoms. The van der Waals surface area contributed by atoms with Crippen molar-refractivity contribution in [3.05, 3.63) is 42.5 Å². The van der Waals surface area contributed by atoms with E-state index in [1.165, 1.54) is 12.1 Å². The average molecular weight is 390 g/mol. The summed E-state index contributed by atoms with van der Waals surface area (Å²) in [6.07, 6.45) is -0.358. The normalized spacial score (nSPS) is 18.8. The third-order valence-corrected chi connectivity index (χ3v) is 6.13. The lowest BCUT2D eigenvalue weighted by atomic mass is 10.2. The molecule has 2 aliphatic heterocycles. The fraction of sp³-hybridized carbons (Fsp3) is 0.278. The lowest BCUT2D eigenvalue weighted by molar-refractivity contribution is -0.124. The molecule has 0 aliphatic carbocycles. The first-order valence-electron chi connectivity index (χ1n) is 8.44. The molecule has 1 atom stereocenters. The first kappa shape index (κ1) is 17.5. The van der Waals surface area contributed by atoms with Gasteiger partial charge in [-0.1, -0.05) is 12.1 Å². The van der Waals surface area contributed by atoms with Crippen LogP contribution in [0.3, 0.4) is 0 Å². The first-order valence-corrected chi connectivity index (χ1v) is 9.88. The Morgan fingerprint density at radius 2 is 1.78 bits per heavy atom. The number of carbonyl (C=O) groups excluding carboxylic acids is 1. The zero-order chi connectivity index (χ0) is 19.0. The van der Waals surface area contributed by atoms with E-state index in [-0.39, 0.29) is 17.2 Å². The van der Waals surface area contributed by atoms with Gasteiger partial charge in [-0.05, 0) is 24.3 Å². The number of nitrogens with two attached hydrogens (primary N) is 1. The van der Waals surface area contributed by atoms with Gasteiger partial charge in [0.2, 0.25) is 0 Å². The number of ether oxygens (including phenoxy) is 3. The van der Waals surface area contributed by atoms with Gasteiger partial charge in [0.25, 0.3) is 15.9 Å². The molecule has 2 heterocycles. The number of para-hydroxylation sites is 2. The van der Waals surface area contributed by atoms with Gasteiger partial charge in [0, 0.05) is 12.5 Å². The monoisotopic (exact) mass is 390 g/mol. The molecular formula is C18H18N2O6S. The lowest BCUT2D eigenvalue weighted by Crippen LogP contribution is -2.49. The molecule has 0 aromatic heterocycles. The summed E-state index contributed by atoms with van der Waals surface area (Å²) in [7, 11) is -3.98. The van der Waals surface area contributed by atoms with Crippen LogP contribution in [0, 0.1) is 0 Å². The van der Waals surface area contributed by atoms with Crippen molar-refractivity contribution in [2.24, 2.45) is 5.73 Å². The van der Waals surface area contributed by atoms with Crippen LogP contribution >= 0.6 is 0 Å². The van der Waals surface area contributed by atoms with Crippen LogP contribution in [-0.4, -0.2) is 40.2 Å². The van der Waals surface area contributed by atoms with Gasteiger partial charge in [-0.25, -0.2) is 8.42 Å². The predicted molar refractivity (Wildman–Crippen MR) is 96.6 cm³/mol. The van der Waals surface area contributed by atoms with Gasteiger partial charge in [-0.15, -0.1) is 0 Å². The number of primary amides is 1. The summed E-state index contributed by atoms with van der Waals surface area (Å²) in [4.78, 5) is 11.7. The largest absolute Gasteiger partial charge is 0.490 e. The molecule has 8 nitrogen and oxygen atoms in total. The minimum atomic E-state index is -3.98. The molecule has 2 N–H and O–H groups in total.